The first-order chi connectivity index (χ1) is 22.1. The van der Waals surface area contributed by atoms with E-state index in [1.54, 1.807) is 47.6 Å². The standard InChI is InChI=1S/C21H25N3O4.C16H19NO/c1-14-11-24(15(2)12-25)21(27)17-4-3-5-18(20(17)28-13-14)23-19(26)10-16-6-8-22-9-7-16;1-13-6-4-5-7-16(13)18-15-10-8-14(9-11-15)12-17(2)3/h3-9,14-15,25H,10-13H2,1-2H3,(H,23,26);4-11H,12H2,1-3H3/t14-,15+;/m1./s1. The van der Waals surface area contributed by atoms with Crippen LogP contribution in [0.25, 0.3) is 0 Å². The van der Waals surface area contributed by atoms with E-state index in [0.29, 0.717) is 30.2 Å². The summed E-state index contributed by atoms with van der Waals surface area (Å²) in [5.41, 5.74) is 4.14. The first kappa shape index (κ1) is 34.1. The molecule has 1 aliphatic rings. The Hall–Kier alpha value is -4.73. The molecule has 0 aliphatic carbocycles. The van der Waals surface area contributed by atoms with Crippen molar-refractivity contribution in [2.24, 2.45) is 5.92 Å². The molecule has 0 bridgehead atoms. The fraction of sp³-hybridized carbons (Fsp3) is 0.324. The van der Waals surface area contributed by atoms with Gasteiger partial charge >= 0.3 is 0 Å². The minimum absolute atomic E-state index is 0.0895. The summed E-state index contributed by atoms with van der Waals surface area (Å²) in [6.45, 7) is 7.59. The van der Waals surface area contributed by atoms with Crippen LogP contribution in [-0.2, 0) is 17.8 Å². The lowest BCUT2D eigenvalue weighted by Gasteiger charge is -2.33. The second-order valence-electron chi connectivity index (χ2n) is 11.9. The SMILES string of the molecule is C[C@H]1COc2c(NC(=O)Cc3ccncc3)cccc2C(=O)N([C@@H](C)CO)C1.Cc1ccccc1Oc1ccc(CN(C)C)cc1. The van der Waals surface area contributed by atoms with Gasteiger partial charge in [-0.1, -0.05) is 43.3 Å². The molecule has 2 amide bonds. The van der Waals surface area contributed by atoms with Crippen LogP contribution in [0.1, 0.15) is 40.9 Å². The Balaban J connectivity index is 0.000000230. The van der Waals surface area contributed by atoms with E-state index < -0.39 is 0 Å². The fourth-order valence-electron chi connectivity index (χ4n) is 5.00. The van der Waals surface area contributed by atoms with E-state index in [4.69, 9.17) is 9.47 Å². The average molecular weight is 625 g/mol. The molecule has 2 heterocycles. The van der Waals surface area contributed by atoms with Crippen LogP contribution in [0.2, 0.25) is 0 Å². The van der Waals surface area contributed by atoms with E-state index in [1.807, 2.05) is 44.2 Å². The second-order valence-corrected chi connectivity index (χ2v) is 11.9. The Kier molecular flexibility index (Phi) is 12.3. The average Bonchev–Trinajstić information content (AvgIpc) is 3.04. The van der Waals surface area contributed by atoms with Gasteiger partial charge in [-0.2, -0.15) is 0 Å². The van der Waals surface area contributed by atoms with E-state index in [2.05, 4.69) is 54.4 Å². The van der Waals surface area contributed by atoms with Crippen molar-refractivity contribution in [1.82, 2.24) is 14.8 Å². The molecular weight excluding hydrogens is 580 g/mol. The van der Waals surface area contributed by atoms with Crippen LogP contribution >= 0.6 is 0 Å². The number of aliphatic hydroxyl groups excluding tert-OH is 1. The Bertz CT molecular complexity index is 1580. The van der Waals surface area contributed by atoms with Crippen LogP contribution in [0.4, 0.5) is 5.69 Å². The van der Waals surface area contributed by atoms with Crippen molar-refractivity contribution in [1.29, 1.82) is 0 Å². The highest BCUT2D eigenvalue weighted by atomic mass is 16.5. The van der Waals surface area contributed by atoms with Gasteiger partial charge in [0, 0.05) is 31.4 Å². The molecule has 4 aromatic rings. The molecule has 46 heavy (non-hydrogen) atoms. The third-order valence-electron chi connectivity index (χ3n) is 7.45. The smallest absolute Gasteiger partial charge is 0.258 e. The van der Waals surface area contributed by atoms with Gasteiger partial charge in [0.2, 0.25) is 5.91 Å². The lowest BCUT2D eigenvalue weighted by molar-refractivity contribution is -0.115. The molecule has 2 N–H and O–H groups in total. The summed E-state index contributed by atoms with van der Waals surface area (Å²) in [4.78, 5) is 33.3. The molecule has 0 unspecified atom stereocenters. The van der Waals surface area contributed by atoms with Gasteiger partial charge in [0.25, 0.3) is 5.91 Å². The first-order valence-corrected chi connectivity index (χ1v) is 15.5. The van der Waals surface area contributed by atoms with Crippen LogP contribution in [0.5, 0.6) is 17.2 Å². The molecule has 1 aliphatic heterocycles. The number of carbonyl (C=O) groups excluding carboxylic acids is 2. The third kappa shape index (κ3) is 9.63. The molecule has 0 saturated carbocycles. The Labute approximate surface area is 271 Å². The van der Waals surface area contributed by atoms with Crippen molar-refractivity contribution >= 4 is 17.5 Å². The van der Waals surface area contributed by atoms with E-state index in [0.717, 1.165) is 29.2 Å². The van der Waals surface area contributed by atoms with Crippen molar-refractivity contribution < 1.29 is 24.2 Å². The number of hydrogen-bond acceptors (Lipinski definition) is 7. The number of benzene rings is 3. The first-order valence-electron chi connectivity index (χ1n) is 15.5. The summed E-state index contributed by atoms with van der Waals surface area (Å²) < 4.78 is 11.8. The number of rotatable bonds is 9. The predicted molar refractivity (Wildman–Crippen MR) is 180 cm³/mol. The van der Waals surface area contributed by atoms with Gasteiger partial charge in [0.15, 0.2) is 5.75 Å². The number of amides is 2. The van der Waals surface area contributed by atoms with Gasteiger partial charge in [-0.15, -0.1) is 0 Å². The number of pyridine rings is 1. The fourth-order valence-corrected chi connectivity index (χ4v) is 5.00. The van der Waals surface area contributed by atoms with Gasteiger partial charge in [0.05, 0.1) is 36.9 Å². The highest BCUT2D eigenvalue weighted by molar-refractivity contribution is 6.01. The largest absolute Gasteiger partial charge is 0.490 e. The zero-order valence-corrected chi connectivity index (χ0v) is 27.3. The molecule has 0 fully saturated rings. The van der Waals surface area contributed by atoms with Gasteiger partial charge in [-0.25, -0.2) is 0 Å². The van der Waals surface area contributed by atoms with E-state index >= 15 is 0 Å². The van der Waals surface area contributed by atoms with Gasteiger partial charge in [0.1, 0.15) is 11.5 Å². The van der Waals surface area contributed by atoms with E-state index in [9.17, 15) is 14.7 Å². The molecule has 0 spiro atoms. The second kappa shape index (κ2) is 16.5. The number of fused-ring (bicyclic) bond motifs is 1. The Morgan fingerprint density at radius 3 is 2.43 bits per heavy atom. The molecule has 2 atom stereocenters. The van der Waals surface area contributed by atoms with E-state index in [-0.39, 0.29) is 36.8 Å². The molecule has 9 heteroatoms. The summed E-state index contributed by atoms with van der Waals surface area (Å²) in [7, 11) is 4.13. The molecule has 3 aromatic carbocycles. The van der Waals surface area contributed by atoms with Gasteiger partial charge in [-0.3, -0.25) is 14.6 Å². The topological polar surface area (TPSA) is 104 Å². The van der Waals surface area contributed by atoms with Crippen LogP contribution in [0.3, 0.4) is 0 Å². The highest BCUT2D eigenvalue weighted by Gasteiger charge is 2.29. The summed E-state index contributed by atoms with van der Waals surface area (Å²) in [6.07, 6.45) is 3.48. The zero-order chi connectivity index (χ0) is 33.1. The molecule has 9 nitrogen and oxygen atoms in total. The quantitative estimate of drug-likeness (QED) is 0.237. The lowest BCUT2D eigenvalue weighted by atomic mass is 10.0. The molecule has 0 radical (unpaired) electrons. The summed E-state index contributed by atoms with van der Waals surface area (Å²) in [6, 6.07) is 24.7. The molecule has 242 valence electrons. The highest BCUT2D eigenvalue weighted by Crippen LogP contribution is 2.33. The summed E-state index contributed by atoms with van der Waals surface area (Å²) in [5.74, 6) is 1.84. The molecule has 5 rings (SSSR count). The van der Waals surface area contributed by atoms with E-state index in [1.165, 1.54) is 5.56 Å². The maximum Gasteiger partial charge on any atom is 0.258 e. The number of hydrogen-bond donors (Lipinski definition) is 2. The maximum absolute atomic E-state index is 13.1. The zero-order valence-electron chi connectivity index (χ0n) is 27.3. The van der Waals surface area contributed by atoms with Crippen molar-refractivity contribution in [3.63, 3.8) is 0 Å². The summed E-state index contributed by atoms with van der Waals surface area (Å²) in [5, 5.41) is 12.4. The lowest BCUT2D eigenvalue weighted by Crippen LogP contribution is -2.45. The number of aryl methyl sites for hydroxylation is 1. The van der Waals surface area contributed by atoms with Crippen molar-refractivity contribution in [3.8, 4) is 17.2 Å². The van der Waals surface area contributed by atoms with Gasteiger partial charge in [-0.05, 0) is 87.1 Å². The molecule has 1 aromatic heterocycles. The number of aromatic nitrogens is 1. The number of para-hydroxylation sites is 2. The number of aliphatic hydroxyl groups is 1. The van der Waals surface area contributed by atoms with Crippen molar-refractivity contribution in [2.75, 3.05) is 39.2 Å². The number of nitrogens with one attached hydrogen (secondary N) is 1. The maximum atomic E-state index is 13.1. The monoisotopic (exact) mass is 624 g/mol. The van der Waals surface area contributed by atoms with Crippen LogP contribution in [-0.4, -0.2) is 71.6 Å². The molecule has 0 saturated heterocycles. The van der Waals surface area contributed by atoms with Crippen LogP contribution in [0.15, 0.2) is 91.3 Å². The minimum Gasteiger partial charge on any atom is -0.490 e. The Morgan fingerprint density at radius 2 is 1.76 bits per heavy atom. The Morgan fingerprint density at radius 1 is 1.04 bits per heavy atom. The van der Waals surface area contributed by atoms with Crippen LogP contribution in [0, 0.1) is 12.8 Å². The predicted octanol–water partition coefficient (Wildman–Crippen LogP) is 5.96. The minimum atomic E-state index is -0.300. The normalized spacial score (nSPS) is 15.0. The van der Waals surface area contributed by atoms with Crippen LogP contribution < -0.4 is 14.8 Å². The number of ether oxygens (including phenoxy) is 2. The molecular formula is C37H44N4O5. The number of nitrogens with zero attached hydrogens (tertiary/aromatic N) is 3. The number of anilines is 1. The number of carbonyl (C=O) groups is 2. The van der Waals surface area contributed by atoms with Crippen molar-refractivity contribution in [2.45, 2.75) is 39.8 Å². The van der Waals surface area contributed by atoms with Gasteiger partial charge < -0.3 is 29.7 Å². The van der Waals surface area contributed by atoms with Crippen molar-refractivity contribution in [3.05, 3.63) is 114 Å². The summed E-state index contributed by atoms with van der Waals surface area (Å²) >= 11 is 0. The third-order valence-corrected chi connectivity index (χ3v) is 7.45.